The maximum Gasteiger partial charge on any atom is 0.319 e. The molecule has 0 unspecified atom stereocenters. The number of urea groups is 1. The number of nitrogens with zero attached hydrogens (tertiary/aromatic N) is 1. The number of amides is 3. The normalized spacial score (nSPS) is 10.5. The first-order valence-corrected chi connectivity index (χ1v) is 10.5. The van der Waals surface area contributed by atoms with Gasteiger partial charge in [-0.15, -0.1) is 11.3 Å². The Hall–Kier alpha value is -3.39. The fraction of sp³-hybridized carbons (Fsp3) is 0.227. The molecule has 3 N–H and O–H groups in total. The van der Waals surface area contributed by atoms with E-state index >= 15 is 0 Å². The molecule has 3 amide bonds. The van der Waals surface area contributed by atoms with Crippen molar-refractivity contribution in [3.05, 3.63) is 59.6 Å². The van der Waals surface area contributed by atoms with Gasteiger partial charge in [-0.05, 0) is 57.2 Å². The number of rotatable bonds is 7. The van der Waals surface area contributed by atoms with Crippen LogP contribution < -0.4 is 20.7 Å². The predicted molar refractivity (Wildman–Crippen MR) is 120 cm³/mol. The number of para-hydroxylation sites is 2. The highest BCUT2D eigenvalue weighted by molar-refractivity contribution is 7.13. The first kappa shape index (κ1) is 21.3. The molecule has 8 heteroatoms. The van der Waals surface area contributed by atoms with Crippen LogP contribution >= 0.6 is 11.3 Å². The number of anilines is 2. The zero-order valence-corrected chi connectivity index (χ0v) is 17.9. The van der Waals surface area contributed by atoms with E-state index in [-0.39, 0.29) is 18.0 Å². The molecule has 0 radical (unpaired) electrons. The van der Waals surface area contributed by atoms with Crippen LogP contribution in [0.25, 0.3) is 10.6 Å². The molecule has 0 fully saturated rings. The number of benzene rings is 2. The lowest BCUT2D eigenvalue weighted by Crippen LogP contribution is -2.34. The molecule has 0 spiro atoms. The van der Waals surface area contributed by atoms with Crippen molar-refractivity contribution in [3.63, 3.8) is 0 Å². The Kier molecular flexibility index (Phi) is 7.03. The number of nitrogens with one attached hydrogen (secondary N) is 3. The minimum Gasteiger partial charge on any atom is -0.494 e. The number of hydrogen-bond donors (Lipinski definition) is 3. The highest BCUT2D eigenvalue weighted by Crippen LogP contribution is 2.27. The zero-order valence-electron chi connectivity index (χ0n) is 17.1. The summed E-state index contributed by atoms with van der Waals surface area (Å²) in [6, 6.07) is 14.3. The Morgan fingerprint density at radius 2 is 1.70 bits per heavy atom. The monoisotopic (exact) mass is 424 g/mol. The van der Waals surface area contributed by atoms with E-state index in [9.17, 15) is 9.59 Å². The van der Waals surface area contributed by atoms with Gasteiger partial charge in [-0.2, -0.15) is 0 Å². The summed E-state index contributed by atoms with van der Waals surface area (Å²) >= 11 is 1.39. The summed E-state index contributed by atoms with van der Waals surface area (Å²) in [5.74, 6) is 0.448. The first-order valence-electron chi connectivity index (χ1n) is 9.63. The molecular formula is C22H24N4O3S. The van der Waals surface area contributed by atoms with Crippen molar-refractivity contribution < 1.29 is 14.3 Å². The Morgan fingerprint density at radius 1 is 1.03 bits per heavy atom. The summed E-state index contributed by atoms with van der Waals surface area (Å²) in [7, 11) is 0. The Bertz CT molecular complexity index is 1020. The van der Waals surface area contributed by atoms with Crippen molar-refractivity contribution in [1.82, 2.24) is 10.3 Å². The number of aromatic nitrogens is 1. The van der Waals surface area contributed by atoms with Crippen LogP contribution in [0.4, 0.5) is 16.2 Å². The lowest BCUT2D eigenvalue weighted by Gasteiger charge is -2.13. The molecule has 1 heterocycles. The van der Waals surface area contributed by atoms with Crippen LogP contribution in [0.15, 0.2) is 53.9 Å². The quantitative estimate of drug-likeness (QED) is 0.498. The Morgan fingerprint density at radius 3 is 2.33 bits per heavy atom. The number of carbonyl (C=O) groups is 2. The van der Waals surface area contributed by atoms with Crippen LogP contribution in [0.1, 0.15) is 31.3 Å². The van der Waals surface area contributed by atoms with Crippen molar-refractivity contribution >= 4 is 34.6 Å². The SMILES string of the molecule is CCOc1ccc(-c2nc(C(=O)Nc3ccccc3NC(=O)NC(C)C)cs2)cc1. The topological polar surface area (TPSA) is 92.3 Å². The standard InChI is InChI=1S/C22H24N4O3S/c1-4-29-16-11-9-15(10-12-16)21-25-19(13-30-21)20(27)24-17-7-5-6-8-18(17)26-22(28)23-14(2)3/h5-14H,4H2,1-3H3,(H,24,27)(H2,23,26,28). The molecule has 0 bridgehead atoms. The van der Waals surface area contributed by atoms with Gasteiger partial charge >= 0.3 is 6.03 Å². The Balaban J connectivity index is 1.71. The van der Waals surface area contributed by atoms with Crippen LogP contribution in [-0.4, -0.2) is 29.6 Å². The van der Waals surface area contributed by atoms with Gasteiger partial charge in [0, 0.05) is 17.0 Å². The van der Waals surface area contributed by atoms with Crippen LogP contribution in [0.3, 0.4) is 0 Å². The largest absolute Gasteiger partial charge is 0.494 e. The van der Waals surface area contributed by atoms with Gasteiger partial charge in [0.2, 0.25) is 0 Å². The average molecular weight is 425 g/mol. The number of hydrogen-bond acceptors (Lipinski definition) is 5. The Labute approximate surface area is 179 Å². The molecule has 0 saturated carbocycles. The second-order valence-corrected chi connectivity index (χ2v) is 7.61. The van der Waals surface area contributed by atoms with E-state index in [4.69, 9.17) is 4.74 Å². The fourth-order valence-electron chi connectivity index (χ4n) is 2.68. The van der Waals surface area contributed by atoms with E-state index < -0.39 is 0 Å². The van der Waals surface area contributed by atoms with Crippen LogP contribution in [-0.2, 0) is 0 Å². The van der Waals surface area contributed by atoms with Crippen LogP contribution in [0, 0.1) is 0 Å². The summed E-state index contributed by atoms with van der Waals surface area (Å²) in [6.07, 6.45) is 0. The minimum atomic E-state index is -0.345. The first-order chi connectivity index (χ1) is 14.5. The number of thiazole rings is 1. The fourth-order valence-corrected chi connectivity index (χ4v) is 3.49. The van der Waals surface area contributed by atoms with E-state index in [1.165, 1.54) is 11.3 Å². The van der Waals surface area contributed by atoms with Crippen LogP contribution in [0.5, 0.6) is 5.75 Å². The number of carbonyl (C=O) groups excluding carboxylic acids is 2. The summed E-state index contributed by atoms with van der Waals surface area (Å²) in [6.45, 7) is 6.29. The molecule has 1 aromatic heterocycles. The van der Waals surface area contributed by atoms with E-state index in [1.54, 1.807) is 29.6 Å². The third kappa shape index (κ3) is 5.57. The van der Waals surface area contributed by atoms with Gasteiger partial charge < -0.3 is 20.7 Å². The maximum atomic E-state index is 12.7. The van der Waals surface area contributed by atoms with Gasteiger partial charge in [0.15, 0.2) is 0 Å². The van der Waals surface area contributed by atoms with Gasteiger partial charge in [-0.3, -0.25) is 4.79 Å². The average Bonchev–Trinajstić information content (AvgIpc) is 3.20. The molecule has 3 rings (SSSR count). The molecule has 7 nitrogen and oxygen atoms in total. The molecule has 156 valence electrons. The smallest absolute Gasteiger partial charge is 0.319 e. The third-order valence-corrected chi connectivity index (χ3v) is 4.88. The molecule has 2 aromatic carbocycles. The molecular weight excluding hydrogens is 400 g/mol. The van der Waals surface area contributed by atoms with Gasteiger partial charge in [-0.1, -0.05) is 12.1 Å². The zero-order chi connectivity index (χ0) is 21.5. The molecule has 0 atom stereocenters. The van der Waals surface area contributed by atoms with E-state index in [0.29, 0.717) is 23.7 Å². The van der Waals surface area contributed by atoms with Crippen LogP contribution in [0.2, 0.25) is 0 Å². The lowest BCUT2D eigenvalue weighted by atomic mass is 10.2. The summed E-state index contributed by atoms with van der Waals surface area (Å²) in [5, 5.41) is 10.8. The molecule has 0 aliphatic rings. The maximum absolute atomic E-state index is 12.7. The van der Waals surface area contributed by atoms with E-state index in [0.717, 1.165) is 16.3 Å². The third-order valence-electron chi connectivity index (χ3n) is 3.99. The van der Waals surface area contributed by atoms with Crippen molar-refractivity contribution in [3.8, 4) is 16.3 Å². The molecule has 0 saturated heterocycles. The number of ether oxygens (including phenoxy) is 1. The minimum absolute atomic E-state index is 0.00258. The highest BCUT2D eigenvalue weighted by atomic mass is 32.1. The summed E-state index contributed by atoms with van der Waals surface area (Å²) in [4.78, 5) is 29.1. The van der Waals surface area contributed by atoms with Crippen molar-refractivity contribution in [2.75, 3.05) is 17.2 Å². The molecule has 3 aromatic rings. The lowest BCUT2D eigenvalue weighted by molar-refractivity contribution is 0.102. The van der Waals surface area contributed by atoms with Crippen molar-refractivity contribution in [2.45, 2.75) is 26.8 Å². The second kappa shape index (κ2) is 9.89. The summed E-state index contributed by atoms with van der Waals surface area (Å²) in [5.41, 5.74) is 2.23. The van der Waals surface area contributed by atoms with Crippen molar-refractivity contribution in [2.24, 2.45) is 0 Å². The molecule has 0 aliphatic heterocycles. The van der Waals surface area contributed by atoms with Gasteiger partial charge in [0.25, 0.3) is 5.91 Å². The van der Waals surface area contributed by atoms with Gasteiger partial charge in [0.1, 0.15) is 16.5 Å². The predicted octanol–water partition coefficient (Wildman–Crippen LogP) is 4.99. The second-order valence-electron chi connectivity index (χ2n) is 6.75. The van der Waals surface area contributed by atoms with E-state index in [2.05, 4.69) is 20.9 Å². The molecule has 0 aliphatic carbocycles. The summed E-state index contributed by atoms with van der Waals surface area (Å²) < 4.78 is 5.45. The van der Waals surface area contributed by atoms with Crippen molar-refractivity contribution in [1.29, 1.82) is 0 Å². The highest BCUT2D eigenvalue weighted by Gasteiger charge is 2.15. The van der Waals surface area contributed by atoms with Gasteiger partial charge in [-0.25, -0.2) is 9.78 Å². The molecule has 30 heavy (non-hydrogen) atoms. The van der Waals surface area contributed by atoms with E-state index in [1.807, 2.05) is 45.0 Å². The van der Waals surface area contributed by atoms with Gasteiger partial charge in [0.05, 0.1) is 18.0 Å².